The van der Waals surface area contributed by atoms with Crippen LogP contribution in [0.4, 0.5) is 0 Å². The zero-order valence-electron chi connectivity index (χ0n) is 9.34. The Kier molecular flexibility index (Phi) is 1.79. The summed E-state index contributed by atoms with van der Waals surface area (Å²) in [7, 11) is 0. The second-order valence-electron chi connectivity index (χ2n) is 4.30. The number of nitrogens with zero attached hydrogens (tertiary/aromatic N) is 2. The second kappa shape index (κ2) is 3.22. The van der Waals surface area contributed by atoms with E-state index in [-0.39, 0.29) is 0 Å². The SMILES string of the molecule is Cc1ccn2c(c1)nc1c3ccccc3[se]c12. The molecule has 0 spiro atoms. The predicted molar refractivity (Wildman–Crippen MR) is 71.9 cm³/mol. The molecule has 4 rings (SSSR count). The van der Waals surface area contributed by atoms with Gasteiger partial charge in [0, 0.05) is 0 Å². The third-order valence-electron chi connectivity index (χ3n) is 3.09. The van der Waals surface area contributed by atoms with Gasteiger partial charge in [0.05, 0.1) is 0 Å². The number of imidazole rings is 1. The molecule has 4 aromatic rings. The Morgan fingerprint density at radius 1 is 1.18 bits per heavy atom. The molecule has 0 aliphatic heterocycles. The first-order valence-corrected chi connectivity index (χ1v) is 7.30. The zero-order valence-corrected chi connectivity index (χ0v) is 11.1. The van der Waals surface area contributed by atoms with Crippen LogP contribution < -0.4 is 0 Å². The van der Waals surface area contributed by atoms with Crippen molar-refractivity contribution in [2.75, 3.05) is 0 Å². The van der Waals surface area contributed by atoms with E-state index in [0.29, 0.717) is 14.5 Å². The Hall–Kier alpha value is -1.57. The minimum absolute atomic E-state index is 0.389. The summed E-state index contributed by atoms with van der Waals surface area (Å²) in [5.41, 5.74) is 3.53. The average molecular weight is 285 g/mol. The summed E-state index contributed by atoms with van der Waals surface area (Å²) in [4.78, 5) is 4.77. The first kappa shape index (κ1) is 9.46. The first-order valence-electron chi connectivity index (χ1n) is 5.59. The molecule has 3 heterocycles. The molecule has 0 radical (unpaired) electrons. The van der Waals surface area contributed by atoms with Crippen molar-refractivity contribution in [2.24, 2.45) is 0 Å². The van der Waals surface area contributed by atoms with E-state index in [1.807, 2.05) is 0 Å². The normalized spacial score (nSPS) is 11.8. The molecule has 0 saturated heterocycles. The molecular formula is C14H10N2Se. The average Bonchev–Trinajstić information content (AvgIpc) is 2.84. The van der Waals surface area contributed by atoms with Gasteiger partial charge in [0.15, 0.2) is 0 Å². The monoisotopic (exact) mass is 286 g/mol. The van der Waals surface area contributed by atoms with E-state index in [2.05, 4.69) is 53.9 Å². The molecule has 0 fully saturated rings. The Morgan fingerprint density at radius 3 is 3.00 bits per heavy atom. The van der Waals surface area contributed by atoms with Crippen LogP contribution in [0.25, 0.3) is 25.2 Å². The van der Waals surface area contributed by atoms with Crippen molar-refractivity contribution in [3.63, 3.8) is 0 Å². The van der Waals surface area contributed by atoms with Gasteiger partial charge in [-0.15, -0.1) is 0 Å². The third-order valence-corrected chi connectivity index (χ3v) is 5.52. The van der Waals surface area contributed by atoms with Crippen molar-refractivity contribution in [2.45, 2.75) is 6.92 Å². The van der Waals surface area contributed by atoms with Gasteiger partial charge in [0.25, 0.3) is 0 Å². The maximum atomic E-state index is 4.77. The van der Waals surface area contributed by atoms with Crippen LogP contribution in [-0.4, -0.2) is 23.9 Å². The Labute approximate surface area is 104 Å². The third kappa shape index (κ3) is 1.24. The number of fused-ring (bicyclic) bond motifs is 5. The fourth-order valence-corrected chi connectivity index (χ4v) is 4.63. The fraction of sp³-hybridized carbons (Fsp3) is 0.0714. The van der Waals surface area contributed by atoms with E-state index in [1.165, 1.54) is 25.1 Å². The van der Waals surface area contributed by atoms with Crippen LogP contribution in [0.5, 0.6) is 0 Å². The van der Waals surface area contributed by atoms with Crippen molar-refractivity contribution in [3.8, 4) is 0 Å². The van der Waals surface area contributed by atoms with Gasteiger partial charge in [-0.1, -0.05) is 0 Å². The van der Waals surface area contributed by atoms with Gasteiger partial charge in [-0.25, -0.2) is 0 Å². The molecule has 17 heavy (non-hydrogen) atoms. The van der Waals surface area contributed by atoms with Gasteiger partial charge < -0.3 is 0 Å². The molecule has 0 aliphatic rings. The Morgan fingerprint density at radius 2 is 2.06 bits per heavy atom. The van der Waals surface area contributed by atoms with Crippen LogP contribution in [-0.2, 0) is 0 Å². The second-order valence-corrected chi connectivity index (χ2v) is 6.46. The molecule has 0 bridgehead atoms. The molecule has 2 nitrogen and oxygen atoms in total. The summed E-state index contributed by atoms with van der Waals surface area (Å²) in [6.07, 6.45) is 2.14. The number of benzene rings is 1. The number of hydrogen-bond acceptors (Lipinski definition) is 1. The number of hydrogen-bond donors (Lipinski definition) is 0. The number of pyridine rings is 1. The van der Waals surface area contributed by atoms with Crippen LogP contribution in [0.1, 0.15) is 5.56 Å². The summed E-state index contributed by atoms with van der Waals surface area (Å²) in [6.45, 7) is 2.11. The molecule has 0 aliphatic carbocycles. The Bertz CT molecular complexity index is 854. The molecule has 0 amide bonds. The molecule has 3 heteroatoms. The van der Waals surface area contributed by atoms with Crippen molar-refractivity contribution in [1.82, 2.24) is 9.38 Å². The van der Waals surface area contributed by atoms with Crippen LogP contribution in [0, 0.1) is 6.92 Å². The van der Waals surface area contributed by atoms with E-state index >= 15 is 0 Å². The van der Waals surface area contributed by atoms with Gasteiger partial charge in [0.1, 0.15) is 0 Å². The van der Waals surface area contributed by atoms with Crippen LogP contribution >= 0.6 is 0 Å². The van der Waals surface area contributed by atoms with Crippen LogP contribution in [0.2, 0.25) is 0 Å². The molecule has 0 N–H and O–H groups in total. The molecule has 1 aromatic carbocycles. The number of aryl methyl sites for hydroxylation is 1. The van der Waals surface area contributed by atoms with Gasteiger partial charge in [0.2, 0.25) is 0 Å². The van der Waals surface area contributed by atoms with Gasteiger partial charge in [-0.05, 0) is 0 Å². The topological polar surface area (TPSA) is 17.3 Å². The minimum atomic E-state index is 0.389. The maximum absolute atomic E-state index is 4.77. The quantitative estimate of drug-likeness (QED) is 0.454. The molecule has 0 unspecified atom stereocenters. The van der Waals surface area contributed by atoms with E-state index in [9.17, 15) is 0 Å². The molecule has 3 aromatic heterocycles. The molecule has 82 valence electrons. The van der Waals surface area contributed by atoms with Gasteiger partial charge in [-0.2, -0.15) is 0 Å². The van der Waals surface area contributed by atoms with Crippen molar-refractivity contribution in [3.05, 3.63) is 48.2 Å². The summed E-state index contributed by atoms with van der Waals surface area (Å²) in [5.74, 6) is 0. The van der Waals surface area contributed by atoms with E-state index in [4.69, 9.17) is 4.98 Å². The van der Waals surface area contributed by atoms with E-state index < -0.39 is 0 Å². The molecule has 0 saturated carbocycles. The fourth-order valence-electron chi connectivity index (χ4n) is 2.25. The Balaban J connectivity index is 2.29. The van der Waals surface area contributed by atoms with Crippen molar-refractivity contribution < 1.29 is 0 Å². The van der Waals surface area contributed by atoms with Crippen molar-refractivity contribution in [1.29, 1.82) is 0 Å². The first-order chi connectivity index (χ1) is 8.33. The van der Waals surface area contributed by atoms with Gasteiger partial charge in [-0.3, -0.25) is 0 Å². The summed E-state index contributed by atoms with van der Waals surface area (Å²) in [5, 5.41) is 1.32. The van der Waals surface area contributed by atoms with Crippen molar-refractivity contribution >= 4 is 39.7 Å². The molecular weight excluding hydrogens is 275 g/mol. The standard InChI is InChI=1S/C14H10N2Se/c1-9-6-7-16-12(8-9)15-13-10-4-2-3-5-11(10)17-14(13)16/h2-8H,1H3. The number of aromatic nitrogens is 2. The molecule has 0 atom stereocenters. The van der Waals surface area contributed by atoms with E-state index in [0.717, 1.165) is 5.65 Å². The zero-order chi connectivity index (χ0) is 11.4. The van der Waals surface area contributed by atoms with Gasteiger partial charge >= 0.3 is 104 Å². The summed E-state index contributed by atoms with van der Waals surface area (Å²) < 4.78 is 5.07. The van der Waals surface area contributed by atoms with Crippen LogP contribution in [0.15, 0.2) is 42.6 Å². The summed E-state index contributed by atoms with van der Waals surface area (Å²) >= 11 is 0.389. The van der Waals surface area contributed by atoms with E-state index in [1.54, 1.807) is 0 Å². The summed E-state index contributed by atoms with van der Waals surface area (Å²) in [6, 6.07) is 12.9. The predicted octanol–water partition coefficient (Wildman–Crippen LogP) is 3.01. The van der Waals surface area contributed by atoms with Crippen LogP contribution in [0.3, 0.4) is 0 Å². The number of rotatable bonds is 0.